The lowest BCUT2D eigenvalue weighted by molar-refractivity contribution is -0.145. The Labute approximate surface area is 197 Å². The molecule has 0 unspecified atom stereocenters. The van der Waals surface area contributed by atoms with Crippen molar-refractivity contribution in [3.05, 3.63) is 23.8 Å². The molecular formula is C25H41NO7. The number of carboxylic acids is 1. The van der Waals surface area contributed by atoms with E-state index in [9.17, 15) is 19.8 Å². The number of carbonyl (C=O) groups is 2. The number of carbonyl (C=O) groups excluding carboxylic acids is 1. The van der Waals surface area contributed by atoms with Gasteiger partial charge in [0.25, 0.3) is 0 Å². The topological polar surface area (TPSA) is 128 Å². The Hall–Kier alpha value is -2.16. The molecule has 4 atom stereocenters. The third kappa shape index (κ3) is 8.95. The van der Waals surface area contributed by atoms with Crippen LogP contribution in [0.2, 0.25) is 0 Å². The van der Waals surface area contributed by atoms with Gasteiger partial charge in [0.05, 0.1) is 31.8 Å². The summed E-state index contributed by atoms with van der Waals surface area (Å²) in [6, 6.07) is 4.39. The SMILES string of the molecule is COCCCOc1cc(C[C@@H](C(=O)[C@H](N)[C@@H](O)C[C@@H](C(=O)O)C(C)C)C(C)C)ccc1OC. The summed E-state index contributed by atoms with van der Waals surface area (Å²) in [7, 11) is 3.20. The van der Waals surface area contributed by atoms with Gasteiger partial charge < -0.3 is 30.2 Å². The van der Waals surface area contributed by atoms with Crippen LogP contribution in [-0.2, 0) is 20.7 Å². The number of aliphatic hydroxyl groups excluding tert-OH is 1. The van der Waals surface area contributed by atoms with E-state index in [4.69, 9.17) is 19.9 Å². The first kappa shape index (κ1) is 28.9. The highest BCUT2D eigenvalue weighted by Crippen LogP contribution is 2.31. The molecule has 33 heavy (non-hydrogen) atoms. The molecule has 0 aliphatic heterocycles. The van der Waals surface area contributed by atoms with Crippen molar-refractivity contribution >= 4 is 11.8 Å². The number of nitrogens with two attached hydrogens (primary N) is 1. The molecule has 0 amide bonds. The summed E-state index contributed by atoms with van der Waals surface area (Å²) in [5.41, 5.74) is 7.01. The number of hydrogen-bond acceptors (Lipinski definition) is 7. The van der Waals surface area contributed by atoms with E-state index in [0.717, 1.165) is 12.0 Å². The molecule has 1 aromatic rings. The normalized spacial score (nSPS) is 15.2. The van der Waals surface area contributed by atoms with E-state index in [-0.39, 0.29) is 24.0 Å². The molecule has 0 saturated heterocycles. The van der Waals surface area contributed by atoms with Crippen LogP contribution in [0.3, 0.4) is 0 Å². The molecule has 8 heteroatoms. The highest BCUT2D eigenvalue weighted by molar-refractivity contribution is 5.87. The summed E-state index contributed by atoms with van der Waals surface area (Å²) in [5.74, 6) is -1.49. The molecule has 1 aromatic carbocycles. The first-order valence-electron chi connectivity index (χ1n) is 11.5. The summed E-state index contributed by atoms with van der Waals surface area (Å²) >= 11 is 0. The zero-order chi connectivity index (χ0) is 25.1. The maximum absolute atomic E-state index is 13.2. The average molecular weight is 468 g/mol. The molecule has 0 spiro atoms. The maximum atomic E-state index is 13.2. The van der Waals surface area contributed by atoms with Crippen molar-refractivity contribution < 1.29 is 34.0 Å². The Bertz CT molecular complexity index is 750. The van der Waals surface area contributed by atoms with E-state index in [2.05, 4.69) is 0 Å². The van der Waals surface area contributed by atoms with Crippen molar-refractivity contribution in [3.63, 3.8) is 0 Å². The molecule has 0 heterocycles. The Morgan fingerprint density at radius 1 is 1.00 bits per heavy atom. The van der Waals surface area contributed by atoms with Crippen LogP contribution < -0.4 is 15.2 Å². The third-order valence-corrected chi connectivity index (χ3v) is 5.96. The number of hydrogen-bond donors (Lipinski definition) is 3. The summed E-state index contributed by atoms with van der Waals surface area (Å²) in [5, 5.41) is 19.9. The van der Waals surface area contributed by atoms with Gasteiger partial charge in [-0.2, -0.15) is 0 Å². The molecule has 0 aliphatic carbocycles. The number of Topliss-reactive ketones (excluding diaryl/α,β-unsaturated/α-hetero) is 1. The third-order valence-electron chi connectivity index (χ3n) is 5.96. The van der Waals surface area contributed by atoms with Gasteiger partial charge in [-0.15, -0.1) is 0 Å². The van der Waals surface area contributed by atoms with E-state index in [1.165, 1.54) is 0 Å². The van der Waals surface area contributed by atoms with Gasteiger partial charge in [0.1, 0.15) is 0 Å². The van der Waals surface area contributed by atoms with E-state index in [1.54, 1.807) is 34.1 Å². The fourth-order valence-corrected chi connectivity index (χ4v) is 3.77. The predicted molar refractivity (Wildman–Crippen MR) is 127 cm³/mol. The smallest absolute Gasteiger partial charge is 0.306 e. The minimum Gasteiger partial charge on any atom is -0.493 e. The second kappa shape index (κ2) is 14.2. The number of ether oxygens (including phenoxy) is 3. The molecule has 0 saturated carbocycles. The molecule has 8 nitrogen and oxygen atoms in total. The van der Waals surface area contributed by atoms with Crippen LogP contribution in [0.1, 0.15) is 46.1 Å². The van der Waals surface area contributed by atoms with Gasteiger partial charge in [0.2, 0.25) is 0 Å². The molecule has 4 N–H and O–H groups in total. The number of aliphatic hydroxyl groups is 1. The maximum Gasteiger partial charge on any atom is 0.306 e. The quantitative estimate of drug-likeness (QED) is 0.317. The minimum absolute atomic E-state index is 0.0238. The van der Waals surface area contributed by atoms with Crippen molar-refractivity contribution in [2.75, 3.05) is 27.4 Å². The van der Waals surface area contributed by atoms with Gasteiger partial charge >= 0.3 is 5.97 Å². The van der Waals surface area contributed by atoms with Crippen LogP contribution in [-0.4, -0.2) is 61.5 Å². The monoisotopic (exact) mass is 467 g/mol. The number of ketones is 1. The van der Waals surface area contributed by atoms with E-state index >= 15 is 0 Å². The summed E-state index contributed by atoms with van der Waals surface area (Å²) < 4.78 is 16.3. The Morgan fingerprint density at radius 2 is 1.64 bits per heavy atom. The Balaban J connectivity index is 2.97. The first-order valence-corrected chi connectivity index (χ1v) is 11.5. The van der Waals surface area contributed by atoms with Crippen LogP contribution in [0, 0.1) is 23.7 Å². The zero-order valence-corrected chi connectivity index (χ0v) is 20.7. The van der Waals surface area contributed by atoms with E-state index in [0.29, 0.717) is 31.1 Å². The predicted octanol–water partition coefficient (Wildman–Crippen LogP) is 2.93. The largest absolute Gasteiger partial charge is 0.493 e. The Morgan fingerprint density at radius 3 is 2.15 bits per heavy atom. The van der Waals surface area contributed by atoms with Gasteiger partial charge in [-0.3, -0.25) is 9.59 Å². The number of rotatable bonds is 16. The molecular weight excluding hydrogens is 426 g/mol. The number of aliphatic carboxylic acids is 1. The minimum atomic E-state index is -1.22. The van der Waals surface area contributed by atoms with E-state index in [1.807, 2.05) is 26.0 Å². The van der Waals surface area contributed by atoms with Crippen molar-refractivity contribution in [2.45, 2.75) is 59.1 Å². The summed E-state index contributed by atoms with van der Waals surface area (Å²) in [6.07, 6.45) is -0.135. The molecule has 0 bridgehead atoms. The highest BCUT2D eigenvalue weighted by Gasteiger charge is 2.34. The second-order valence-corrected chi connectivity index (χ2v) is 9.15. The lowest BCUT2D eigenvalue weighted by Gasteiger charge is -2.28. The number of carboxylic acid groups (broad SMARTS) is 1. The van der Waals surface area contributed by atoms with Crippen LogP contribution in [0.4, 0.5) is 0 Å². The standard InChI is InChI=1S/C25H41NO7/c1-15(2)18(24(28)23(26)20(27)14-19(16(3)4)25(29)30)12-17-8-9-21(32-6)22(13-17)33-11-7-10-31-5/h8-9,13,15-16,18-20,23,27H,7,10-12,14,26H2,1-6H3,(H,29,30)/t18-,19-,20+,23-/m1/s1. The van der Waals surface area contributed by atoms with Crippen molar-refractivity contribution in [1.29, 1.82) is 0 Å². The summed E-state index contributed by atoms with van der Waals surface area (Å²) in [6.45, 7) is 8.47. The van der Waals surface area contributed by atoms with Gasteiger partial charge in [0, 0.05) is 26.1 Å². The van der Waals surface area contributed by atoms with Crippen LogP contribution in [0.15, 0.2) is 18.2 Å². The molecule has 1 rings (SSSR count). The molecule has 0 fully saturated rings. The lowest BCUT2D eigenvalue weighted by Crippen LogP contribution is -2.48. The number of methoxy groups -OCH3 is 2. The average Bonchev–Trinajstić information content (AvgIpc) is 2.76. The van der Waals surface area contributed by atoms with Crippen molar-refractivity contribution in [2.24, 2.45) is 29.4 Å². The molecule has 0 aromatic heterocycles. The molecule has 0 radical (unpaired) electrons. The highest BCUT2D eigenvalue weighted by atomic mass is 16.5. The fraction of sp³-hybridized carbons (Fsp3) is 0.680. The first-order chi connectivity index (χ1) is 15.5. The Kier molecular flexibility index (Phi) is 12.4. The van der Waals surface area contributed by atoms with Crippen molar-refractivity contribution in [3.8, 4) is 11.5 Å². The second-order valence-electron chi connectivity index (χ2n) is 9.15. The van der Waals surface area contributed by atoms with E-state index < -0.39 is 30.0 Å². The van der Waals surface area contributed by atoms with Gasteiger partial charge in [-0.05, 0) is 42.4 Å². The fourth-order valence-electron chi connectivity index (χ4n) is 3.77. The lowest BCUT2D eigenvalue weighted by atomic mass is 9.80. The van der Waals surface area contributed by atoms with Crippen LogP contribution >= 0.6 is 0 Å². The van der Waals surface area contributed by atoms with Crippen molar-refractivity contribution in [1.82, 2.24) is 0 Å². The van der Waals surface area contributed by atoms with Gasteiger partial charge in [-0.25, -0.2) is 0 Å². The molecule has 0 aliphatic rings. The number of benzene rings is 1. The van der Waals surface area contributed by atoms with Gasteiger partial charge in [0.15, 0.2) is 17.3 Å². The molecule has 188 valence electrons. The van der Waals surface area contributed by atoms with Crippen LogP contribution in [0.5, 0.6) is 11.5 Å². The van der Waals surface area contributed by atoms with Gasteiger partial charge in [-0.1, -0.05) is 33.8 Å². The summed E-state index contributed by atoms with van der Waals surface area (Å²) in [4.78, 5) is 24.7. The zero-order valence-electron chi connectivity index (χ0n) is 20.7. The van der Waals surface area contributed by atoms with Crippen LogP contribution in [0.25, 0.3) is 0 Å².